The van der Waals surface area contributed by atoms with Crippen LogP contribution in [-0.2, 0) is 18.0 Å². The summed E-state index contributed by atoms with van der Waals surface area (Å²) in [6.45, 7) is -0.339. The number of carbonyl (C=O) groups excluding carboxylic acids is 1. The van der Waals surface area contributed by atoms with Crippen LogP contribution in [0.15, 0.2) is 53.1 Å². The first kappa shape index (κ1) is 17.4. The lowest BCUT2D eigenvalue weighted by atomic mass is 10.1. The van der Waals surface area contributed by atoms with Gasteiger partial charge in [-0.05, 0) is 36.4 Å². The second kappa shape index (κ2) is 7.64. The molecule has 1 heterocycles. The maximum absolute atomic E-state index is 13.6. The Bertz CT molecular complexity index is 890. The van der Waals surface area contributed by atoms with E-state index in [0.29, 0.717) is 17.2 Å². The highest BCUT2D eigenvalue weighted by atomic mass is 19.1. The average molecular weight is 360 g/mol. The Hall–Kier alpha value is -3.42. The van der Waals surface area contributed by atoms with E-state index >= 15 is 0 Å². The molecule has 6 nitrogen and oxygen atoms in total. The zero-order valence-electron chi connectivity index (χ0n) is 13.4. The molecular formula is C18H14F2N2O4. The molecule has 8 heteroatoms. The summed E-state index contributed by atoms with van der Waals surface area (Å²) in [7, 11) is 0. The lowest BCUT2D eigenvalue weighted by Gasteiger charge is -2.08. The summed E-state index contributed by atoms with van der Waals surface area (Å²) in [5.41, 5.74) is 6.00. The molecule has 0 atom stereocenters. The van der Waals surface area contributed by atoms with Gasteiger partial charge in [0.1, 0.15) is 29.7 Å². The highest BCUT2D eigenvalue weighted by Crippen LogP contribution is 2.23. The number of rotatable bonds is 6. The largest absolute Gasteiger partial charge is 0.489 e. The van der Waals surface area contributed by atoms with Crippen molar-refractivity contribution in [2.45, 2.75) is 13.2 Å². The molecule has 2 aromatic carbocycles. The van der Waals surface area contributed by atoms with Crippen LogP contribution in [0.4, 0.5) is 13.6 Å². The van der Waals surface area contributed by atoms with Gasteiger partial charge in [-0.1, -0.05) is 11.2 Å². The van der Waals surface area contributed by atoms with E-state index in [2.05, 4.69) is 9.89 Å². The first-order valence-electron chi connectivity index (χ1n) is 7.57. The minimum Gasteiger partial charge on any atom is -0.489 e. The molecule has 0 fully saturated rings. The third-order valence-electron chi connectivity index (χ3n) is 3.51. The van der Waals surface area contributed by atoms with E-state index in [0.717, 1.165) is 5.56 Å². The molecule has 0 aliphatic rings. The number of hydrogen-bond donors (Lipinski definition) is 1. The van der Waals surface area contributed by atoms with Crippen LogP contribution in [-0.4, -0.2) is 11.2 Å². The van der Waals surface area contributed by atoms with Gasteiger partial charge in [0.05, 0.1) is 5.56 Å². The molecule has 0 spiro atoms. The number of carbonyl (C=O) groups is 1. The van der Waals surface area contributed by atoms with Crippen molar-refractivity contribution in [2.75, 3.05) is 0 Å². The maximum atomic E-state index is 13.6. The van der Waals surface area contributed by atoms with E-state index in [-0.39, 0.29) is 18.8 Å². The number of amides is 1. The van der Waals surface area contributed by atoms with E-state index in [4.69, 9.17) is 15.0 Å². The van der Waals surface area contributed by atoms with Crippen LogP contribution in [0.3, 0.4) is 0 Å². The first-order valence-corrected chi connectivity index (χ1v) is 7.57. The van der Waals surface area contributed by atoms with Crippen molar-refractivity contribution >= 4 is 6.09 Å². The summed E-state index contributed by atoms with van der Waals surface area (Å²) in [6, 6.07) is 12.0. The molecule has 1 amide bonds. The zero-order chi connectivity index (χ0) is 18.5. The van der Waals surface area contributed by atoms with Gasteiger partial charge in [0, 0.05) is 11.6 Å². The molecule has 134 valence electrons. The van der Waals surface area contributed by atoms with Crippen LogP contribution in [0.2, 0.25) is 0 Å². The lowest BCUT2D eigenvalue weighted by Crippen LogP contribution is -2.12. The molecule has 0 radical (unpaired) electrons. The van der Waals surface area contributed by atoms with Crippen LogP contribution < -0.4 is 10.5 Å². The number of aromatic nitrogens is 1. The van der Waals surface area contributed by atoms with Crippen LogP contribution in [0.5, 0.6) is 5.75 Å². The number of nitrogens with two attached hydrogens (primary N) is 1. The minimum absolute atomic E-state index is 0.113. The van der Waals surface area contributed by atoms with Crippen molar-refractivity contribution in [3.8, 4) is 17.0 Å². The van der Waals surface area contributed by atoms with Gasteiger partial charge >= 0.3 is 6.09 Å². The Labute approximate surface area is 147 Å². The van der Waals surface area contributed by atoms with Crippen molar-refractivity contribution < 1.29 is 27.6 Å². The molecule has 3 aromatic rings. The van der Waals surface area contributed by atoms with Gasteiger partial charge in [0.15, 0.2) is 12.4 Å². The van der Waals surface area contributed by atoms with Gasteiger partial charge in [-0.25, -0.2) is 13.6 Å². The molecule has 26 heavy (non-hydrogen) atoms. The van der Waals surface area contributed by atoms with Crippen molar-refractivity contribution in [1.82, 2.24) is 5.16 Å². The number of ether oxygens (including phenoxy) is 2. The molecule has 3 rings (SSSR count). The summed E-state index contributed by atoms with van der Waals surface area (Å²) in [5.74, 6) is -0.531. The van der Waals surface area contributed by atoms with Crippen molar-refractivity contribution in [3.63, 3.8) is 0 Å². The second-order valence-corrected chi connectivity index (χ2v) is 5.30. The molecule has 1 aromatic heterocycles. The summed E-state index contributed by atoms with van der Waals surface area (Å²) in [5, 5.41) is 3.86. The number of hydrogen-bond acceptors (Lipinski definition) is 5. The Kier molecular flexibility index (Phi) is 5.12. The van der Waals surface area contributed by atoms with E-state index in [1.54, 1.807) is 30.3 Å². The Balaban J connectivity index is 1.64. The van der Waals surface area contributed by atoms with Gasteiger partial charge in [0.2, 0.25) is 0 Å². The molecular weight excluding hydrogens is 346 g/mol. The fourth-order valence-corrected chi connectivity index (χ4v) is 2.21. The maximum Gasteiger partial charge on any atom is 0.404 e. The third-order valence-corrected chi connectivity index (χ3v) is 3.51. The quantitative estimate of drug-likeness (QED) is 0.722. The molecule has 0 aliphatic heterocycles. The van der Waals surface area contributed by atoms with Crippen molar-refractivity contribution in [1.29, 1.82) is 0 Å². The van der Waals surface area contributed by atoms with Crippen LogP contribution in [0, 0.1) is 11.6 Å². The number of benzene rings is 2. The predicted molar refractivity (Wildman–Crippen MR) is 87.0 cm³/mol. The topological polar surface area (TPSA) is 87.6 Å². The van der Waals surface area contributed by atoms with E-state index < -0.39 is 17.7 Å². The van der Waals surface area contributed by atoms with Gasteiger partial charge in [-0.3, -0.25) is 0 Å². The zero-order valence-corrected chi connectivity index (χ0v) is 13.4. The summed E-state index contributed by atoms with van der Waals surface area (Å²) in [4.78, 5) is 10.6. The summed E-state index contributed by atoms with van der Waals surface area (Å²) >= 11 is 0. The van der Waals surface area contributed by atoms with Crippen molar-refractivity contribution in [2.24, 2.45) is 5.73 Å². The molecule has 0 saturated carbocycles. The number of nitrogens with zero attached hydrogens (tertiary/aromatic N) is 1. The van der Waals surface area contributed by atoms with Crippen LogP contribution in [0.25, 0.3) is 11.3 Å². The standard InChI is InChI=1S/C18H14F2N2O4/c19-15-2-1-3-16(20)14(15)10-24-12-6-4-11(5-7-12)17-8-13(26-22-17)9-25-18(21)23/h1-8H,9-10H2,(H2,21,23). The SMILES string of the molecule is NC(=O)OCc1cc(-c2ccc(OCc3c(F)cccc3F)cc2)no1. The number of primary amides is 1. The Morgan fingerprint density at radius 3 is 2.42 bits per heavy atom. The van der Waals surface area contributed by atoms with Crippen molar-refractivity contribution in [3.05, 3.63) is 71.5 Å². The van der Waals surface area contributed by atoms with E-state index in [1.807, 2.05) is 0 Å². The van der Waals surface area contributed by atoms with E-state index in [9.17, 15) is 13.6 Å². The van der Waals surface area contributed by atoms with Gasteiger partial charge in [-0.15, -0.1) is 0 Å². The molecule has 0 saturated heterocycles. The fourth-order valence-electron chi connectivity index (χ4n) is 2.21. The smallest absolute Gasteiger partial charge is 0.404 e. The average Bonchev–Trinajstić information content (AvgIpc) is 3.09. The Morgan fingerprint density at radius 1 is 1.08 bits per heavy atom. The second-order valence-electron chi connectivity index (χ2n) is 5.30. The van der Waals surface area contributed by atoms with Gasteiger partial charge in [0.25, 0.3) is 0 Å². The fraction of sp³-hybridized carbons (Fsp3) is 0.111. The molecule has 0 bridgehead atoms. The normalized spacial score (nSPS) is 10.5. The van der Waals surface area contributed by atoms with Gasteiger partial charge in [-0.2, -0.15) is 0 Å². The highest BCUT2D eigenvalue weighted by Gasteiger charge is 2.10. The third kappa shape index (κ3) is 4.15. The summed E-state index contributed by atoms with van der Waals surface area (Å²) < 4.78 is 42.2. The number of halogens is 2. The monoisotopic (exact) mass is 360 g/mol. The minimum atomic E-state index is -0.907. The highest BCUT2D eigenvalue weighted by molar-refractivity contribution is 5.64. The first-order chi connectivity index (χ1) is 12.5. The van der Waals surface area contributed by atoms with Gasteiger partial charge < -0.3 is 19.7 Å². The molecule has 0 aliphatic carbocycles. The molecule has 2 N–H and O–H groups in total. The van der Waals surface area contributed by atoms with Crippen LogP contribution >= 0.6 is 0 Å². The Morgan fingerprint density at radius 2 is 1.77 bits per heavy atom. The predicted octanol–water partition coefficient (Wildman–Crippen LogP) is 3.79. The van der Waals surface area contributed by atoms with E-state index in [1.165, 1.54) is 18.2 Å². The van der Waals surface area contributed by atoms with Crippen LogP contribution in [0.1, 0.15) is 11.3 Å². The summed E-state index contributed by atoms with van der Waals surface area (Å²) in [6.07, 6.45) is -0.907. The lowest BCUT2D eigenvalue weighted by molar-refractivity contribution is 0.137. The molecule has 0 unspecified atom stereocenters.